The molecule has 68 valence electrons. The van der Waals surface area contributed by atoms with E-state index < -0.39 is 8.03 Å². The maximum atomic E-state index is 10.8. The SMILES string of the molecule is CCCC(CCC)O[PH](C)=O. The highest BCUT2D eigenvalue weighted by molar-refractivity contribution is 7.38. The van der Waals surface area contributed by atoms with Gasteiger partial charge in [0, 0.05) is 6.66 Å². The lowest BCUT2D eigenvalue weighted by Crippen LogP contribution is -2.07. The monoisotopic (exact) mass is 178 g/mol. The molecule has 11 heavy (non-hydrogen) atoms. The second kappa shape index (κ2) is 6.87. The molecule has 0 saturated heterocycles. The van der Waals surface area contributed by atoms with Gasteiger partial charge in [0.15, 0.2) is 8.03 Å². The molecular weight excluding hydrogens is 159 g/mol. The maximum absolute atomic E-state index is 10.8. The number of hydrogen-bond acceptors (Lipinski definition) is 2. The van der Waals surface area contributed by atoms with Gasteiger partial charge in [-0.15, -0.1) is 0 Å². The first-order valence-electron chi connectivity index (χ1n) is 4.37. The predicted octanol–water partition coefficient (Wildman–Crippen LogP) is 3.08. The van der Waals surface area contributed by atoms with E-state index in [0.717, 1.165) is 25.7 Å². The summed E-state index contributed by atoms with van der Waals surface area (Å²) in [4.78, 5) is 0. The summed E-state index contributed by atoms with van der Waals surface area (Å²) in [5.74, 6) is 0. The second-order valence-electron chi connectivity index (χ2n) is 2.81. The van der Waals surface area contributed by atoms with Gasteiger partial charge in [-0.3, -0.25) is 4.57 Å². The van der Waals surface area contributed by atoms with Gasteiger partial charge in [-0.2, -0.15) is 0 Å². The van der Waals surface area contributed by atoms with Crippen LogP contribution in [0.3, 0.4) is 0 Å². The van der Waals surface area contributed by atoms with Crippen molar-refractivity contribution in [1.82, 2.24) is 0 Å². The molecule has 1 unspecified atom stereocenters. The molecule has 0 heterocycles. The van der Waals surface area contributed by atoms with Crippen LogP contribution in [0.1, 0.15) is 39.5 Å². The van der Waals surface area contributed by atoms with Gasteiger partial charge in [-0.1, -0.05) is 26.7 Å². The fourth-order valence-corrected chi connectivity index (χ4v) is 1.85. The fraction of sp³-hybridized carbons (Fsp3) is 1.00. The van der Waals surface area contributed by atoms with Crippen molar-refractivity contribution in [1.29, 1.82) is 0 Å². The van der Waals surface area contributed by atoms with Crippen molar-refractivity contribution in [3.05, 3.63) is 0 Å². The quantitative estimate of drug-likeness (QED) is 0.584. The Bertz CT molecular complexity index is 109. The molecule has 0 aromatic heterocycles. The lowest BCUT2D eigenvalue weighted by Gasteiger charge is -2.13. The molecule has 0 saturated carbocycles. The molecule has 0 N–H and O–H groups in total. The van der Waals surface area contributed by atoms with E-state index in [9.17, 15) is 4.57 Å². The van der Waals surface area contributed by atoms with Crippen LogP contribution in [-0.2, 0) is 9.09 Å². The topological polar surface area (TPSA) is 26.3 Å². The minimum Gasteiger partial charge on any atom is -0.327 e. The van der Waals surface area contributed by atoms with E-state index >= 15 is 0 Å². The van der Waals surface area contributed by atoms with Crippen LogP contribution in [0.25, 0.3) is 0 Å². The van der Waals surface area contributed by atoms with Crippen LogP contribution in [0.2, 0.25) is 0 Å². The Morgan fingerprint density at radius 3 is 2.00 bits per heavy atom. The summed E-state index contributed by atoms with van der Waals surface area (Å²) in [5.41, 5.74) is 0. The van der Waals surface area contributed by atoms with Crippen LogP contribution in [0.5, 0.6) is 0 Å². The summed E-state index contributed by atoms with van der Waals surface area (Å²) in [6.45, 7) is 5.90. The molecule has 0 aliphatic heterocycles. The molecule has 0 radical (unpaired) electrons. The summed E-state index contributed by atoms with van der Waals surface area (Å²) in [6.07, 6.45) is 4.54. The van der Waals surface area contributed by atoms with E-state index in [1.165, 1.54) is 0 Å². The Hall–Kier alpha value is 0.190. The van der Waals surface area contributed by atoms with E-state index in [-0.39, 0.29) is 6.10 Å². The van der Waals surface area contributed by atoms with Crippen molar-refractivity contribution in [3.8, 4) is 0 Å². The minimum absolute atomic E-state index is 0.237. The first-order valence-corrected chi connectivity index (χ1v) is 6.19. The van der Waals surface area contributed by atoms with Gasteiger partial charge in [0.25, 0.3) is 0 Å². The standard InChI is InChI=1S/C8H19O2P/c1-4-6-8(7-5-2)10-11(3)9/h8,11H,4-7H2,1-3H3. The Kier molecular flexibility index (Phi) is 6.99. The van der Waals surface area contributed by atoms with Crippen LogP contribution in [0, 0.1) is 0 Å². The summed E-state index contributed by atoms with van der Waals surface area (Å²) < 4.78 is 16.0. The molecule has 0 aliphatic rings. The van der Waals surface area contributed by atoms with Crippen LogP contribution >= 0.6 is 8.03 Å². The third kappa shape index (κ3) is 6.58. The van der Waals surface area contributed by atoms with Crippen molar-refractivity contribution < 1.29 is 9.09 Å². The second-order valence-corrected chi connectivity index (χ2v) is 4.03. The van der Waals surface area contributed by atoms with Crippen LogP contribution < -0.4 is 0 Å². The van der Waals surface area contributed by atoms with Crippen molar-refractivity contribution in [3.63, 3.8) is 0 Å². The van der Waals surface area contributed by atoms with E-state index in [4.69, 9.17) is 4.52 Å². The maximum Gasteiger partial charge on any atom is 0.188 e. The van der Waals surface area contributed by atoms with Crippen molar-refractivity contribution in [2.24, 2.45) is 0 Å². The normalized spacial score (nSPS) is 13.8. The lowest BCUT2D eigenvalue weighted by molar-refractivity contribution is 0.192. The average molecular weight is 178 g/mol. The van der Waals surface area contributed by atoms with Crippen molar-refractivity contribution >= 4 is 8.03 Å². The Balaban J connectivity index is 3.59. The predicted molar refractivity (Wildman–Crippen MR) is 49.6 cm³/mol. The Labute approximate surface area is 70.2 Å². The van der Waals surface area contributed by atoms with Gasteiger partial charge in [0.05, 0.1) is 6.10 Å². The molecule has 0 spiro atoms. The summed E-state index contributed by atoms with van der Waals surface area (Å²) >= 11 is 0. The van der Waals surface area contributed by atoms with Crippen LogP contribution in [0.15, 0.2) is 0 Å². The molecule has 0 aromatic carbocycles. The van der Waals surface area contributed by atoms with Crippen LogP contribution in [0.4, 0.5) is 0 Å². The summed E-state index contributed by atoms with van der Waals surface area (Å²) in [6, 6.07) is 0. The first-order chi connectivity index (χ1) is 5.20. The molecule has 2 nitrogen and oxygen atoms in total. The smallest absolute Gasteiger partial charge is 0.188 e. The van der Waals surface area contributed by atoms with Gasteiger partial charge >= 0.3 is 0 Å². The highest BCUT2D eigenvalue weighted by atomic mass is 31.1. The van der Waals surface area contributed by atoms with E-state index in [0.29, 0.717) is 0 Å². The zero-order valence-electron chi connectivity index (χ0n) is 7.72. The molecule has 0 rings (SSSR count). The number of rotatable bonds is 6. The van der Waals surface area contributed by atoms with Gasteiger partial charge < -0.3 is 4.52 Å². The van der Waals surface area contributed by atoms with E-state index in [2.05, 4.69) is 13.8 Å². The molecule has 0 aliphatic carbocycles. The highest BCUT2D eigenvalue weighted by Gasteiger charge is 2.07. The van der Waals surface area contributed by atoms with Gasteiger partial charge in [-0.25, -0.2) is 0 Å². The highest BCUT2D eigenvalue weighted by Crippen LogP contribution is 2.23. The van der Waals surface area contributed by atoms with Gasteiger partial charge in [0.1, 0.15) is 0 Å². The number of hydrogen-bond donors (Lipinski definition) is 0. The third-order valence-corrected chi connectivity index (χ3v) is 2.22. The van der Waals surface area contributed by atoms with E-state index in [1.807, 2.05) is 0 Å². The average Bonchev–Trinajstić information content (AvgIpc) is 1.87. The largest absolute Gasteiger partial charge is 0.327 e. The van der Waals surface area contributed by atoms with Crippen molar-refractivity contribution in [2.75, 3.05) is 6.66 Å². The lowest BCUT2D eigenvalue weighted by atomic mass is 10.1. The van der Waals surface area contributed by atoms with Crippen LogP contribution in [-0.4, -0.2) is 12.8 Å². The molecule has 0 amide bonds. The first kappa shape index (κ1) is 11.2. The molecule has 1 atom stereocenters. The Morgan fingerprint density at radius 2 is 1.73 bits per heavy atom. The Morgan fingerprint density at radius 1 is 1.27 bits per heavy atom. The van der Waals surface area contributed by atoms with E-state index in [1.54, 1.807) is 6.66 Å². The third-order valence-electron chi connectivity index (χ3n) is 1.55. The zero-order valence-corrected chi connectivity index (χ0v) is 8.72. The molecule has 0 fully saturated rings. The molecule has 0 bridgehead atoms. The molecule has 3 heteroatoms. The fourth-order valence-electron chi connectivity index (χ4n) is 1.14. The molecule has 0 aromatic rings. The molecular formula is C8H19O2P. The zero-order chi connectivity index (χ0) is 8.69. The van der Waals surface area contributed by atoms with Gasteiger partial charge in [-0.05, 0) is 12.8 Å². The van der Waals surface area contributed by atoms with Gasteiger partial charge in [0.2, 0.25) is 0 Å². The summed E-state index contributed by atoms with van der Waals surface area (Å²) in [5, 5.41) is 0. The summed E-state index contributed by atoms with van der Waals surface area (Å²) in [7, 11) is -1.73. The van der Waals surface area contributed by atoms with Crippen molar-refractivity contribution in [2.45, 2.75) is 45.6 Å². The minimum atomic E-state index is -1.73.